The molecule has 0 aromatic heterocycles. The van der Waals surface area contributed by atoms with E-state index in [1.54, 1.807) is 36.4 Å². The van der Waals surface area contributed by atoms with E-state index in [1.165, 1.54) is 24.3 Å². The first-order chi connectivity index (χ1) is 11.9. The summed E-state index contributed by atoms with van der Waals surface area (Å²) in [5.41, 5.74) is 0. The average Bonchev–Trinajstić information content (AvgIpc) is 3.02. The van der Waals surface area contributed by atoms with Gasteiger partial charge in [0.15, 0.2) is 19.7 Å². The van der Waals surface area contributed by atoms with Crippen LogP contribution in [0, 0.1) is 0 Å². The van der Waals surface area contributed by atoms with E-state index in [2.05, 4.69) is 0 Å². The minimum Gasteiger partial charge on any atom is -0.348 e. The van der Waals surface area contributed by atoms with Crippen molar-refractivity contribution in [1.29, 1.82) is 0 Å². The third-order valence-electron chi connectivity index (χ3n) is 3.95. The lowest BCUT2D eigenvalue weighted by Crippen LogP contribution is -2.35. The molecule has 1 saturated heterocycles. The van der Waals surface area contributed by atoms with E-state index in [0.717, 1.165) is 0 Å². The molecule has 2 atom stereocenters. The number of ether oxygens (including phenoxy) is 2. The maximum Gasteiger partial charge on any atom is 0.181 e. The molecule has 8 heteroatoms. The van der Waals surface area contributed by atoms with Crippen molar-refractivity contribution < 1.29 is 26.3 Å². The first kappa shape index (κ1) is 18.1. The van der Waals surface area contributed by atoms with Gasteiger partial charge in [0.25, 0.3) is 0 Å². The molecule has 2 unspecified atom stereocenters. The van der Waals surface area contributed by atoms with Crippen LogP contribution in [0.5, 0.6) is 0 Å². The van der Waals surface area contributed by atoms with Gasteiger partial charge in [0.05, 0.1) is 21.3 Å². The van der Waals surface area contributed by atoms with E-state index in [9.17, 15) is 16.8 Å². The molecule has 0 bridgehead atoms. The highest BCUT2D eigenvalue weighted by atomic mass is 32.2. The first-order valence-corrected chi connectivity index (χ1v) is 11.0. The van der Waals surface area contributed by atoms with Crippen molar-refractivity contribution >= 4 is 19.7 Å². The highest BCUT2D eigenvalue weighted by Crippen LogP contribution is 2.22. The summed E-state index contributed by atoms with van der Waals surface area (Å²) in [6, 6.07) is 16.0. The Kier molecular flexibility index (Phi) is 5.24. The monoisotopic (exact) mass is 382 g/mol. The predicted molar refractivity (Wildman–Crippen MR) is 91.6 cm³/mol. The molecular formula is C17H18O6S2. The fourth-order valence-corrected chi connectivity index (χ4v) is 5.64. The van der Waals surface area contributed by atoms with Crippen LogP contribution < -0.4 is 0 Å². The fraction of sp³-hybridized carbons (Fsp3) is 0.294. The van der Waals surface area contributed by atoms with Gasteiger partial charge in [-0.15, -0.1) is 0 Å². The Morgan fingerprint density at radius 1 is 0.680 bits per heavy atom. The molecule has 1 fully saturated rings. The molecule has 0 amide bonds. The van der Waals surface area contributed by atoms with Crippen molar-refractivity contribution in [2.45, 2.75) is 22.0 Å². The molecule has 1 aliphatic rings. The summed E-state index contributed by atoms with van der Waals surface area (Å²) in [6.07, 6.45) is -1.66. The second kappa shape index (κ2) is 7.25. The minimum atomic E-state index is -3.60. The molecule has 2 aromatic carbocycles. The lowest BCUT2D eigenvalue weighted by molar-refractivity contribution is 0.0440. The second-order valence-electron chi connectivity index (χ2n) is 5.72. The van der Waals surface area contributed by atoms with Gasteiger partial charge >= 0.3 is 0 Å². The van der Waals surface area contributed by atoms with Crippen molar-refractivity contribution in [2.24, 2.45) is 0 Å². The summed E-state index contributed by atoms with van der Waals surface area (Å²) in [5, 5.41) is 0. The Bertz CT molecular complexity index is 831. The van der Waals surface area contributed by atoms with E-state index >= 15 is 0 Å². The molecule has 0 radical (unpaired) electrons. The van der Waals surface area contributed by atoms with Gasteiger partial charge < -0.3 is 9.47 Å². The van der Waals surface area contributed by atoms with Gasteiger partial charge in [0.1, 0.15) is 19.0 Å². The van der Waals surface area contributed by atoms with Gasteiger partial charge in [0, 0.05) is 0 Å². The normalized spacial score (nSPS) is 21.3. The van der Waals surface area contributed by atoms with Crippen LogP contribution in [-0.2, 0) is 29.1 Å². The van der Waals surface area contributed by atoms with Crippen molar-refractivity contribution in [1.82, 2.24) is 0 Å². The number of benzene rings is 2. The molecule has 0 N–H and O–H groups in total. The SMILES string of the molecule is O=S(=O)(CC1OCOC1CS(=O)(=O)c1ccccc1)c1ccccc1. The minimum absolute atomic E-state index is 0.121. The van der Waals surface area contributed by atoms with Gasteiger partial charge in [-0.25, -0.2) is 16.8 Å². The molecule has 1 aliphatic heterocycles. The fourth-order valence-electron chi connectivity index (χ4n) is 2.62. The van der Waals surface area contributed by atoms with Crippen LogP contribution in [-0.4, -0.2) is 47.3 Å². The lowest BCUT2D eigenvalue weighted by Gasteiger charge is -2.17. The number of hydrogen-bond acceptors (Lipinski definition) is 6. The summed E-state index contributed by atoms with van der Waals surface area (Å²) >= 11 is 0. The zero-order valence-electron chi connectivity index (χ0n) is 13.3. The predicted octanol–water partition coefficient (Wildman–Crippen LogP) is 1.68. The van der Waals surface area contributed by atoms with Gasteiger partial charge in [-0.1, -0.05) is 36.4 Å². The smallest absolute Gasteiger partial charge is 0.181 e. The van der Waals surface area contributed by atoms with Crippen molar-refractivity contribution in [3.63, 3.8) is 0 Å². The van der Waals surface area contributed by atoms with Crippen LogP contribution in [0.25, 0.3) is 0 Å². The first-order valence-electron chi connectivity index (χ1n) is 7.67. The molecule has 0 spiro atoms. The van der Waals surface area contributed by atoms with Crippen LogP contribution in [0.15, 0.2) is 70.5 Å². The Hall–Kier alpha value is -1.74. The van der Waals surface area contributed by atoms with E-state index in [1.807, 2.05) is 0 Å². The van der Waals surface area contributed by atoms with Crippen molar-refractivity contribution in [3.8, 4) is 0 Å². The maximum atomic E-state index is 12.5. The summed E-state index contributed by atoms with van der Waals surface area (Å²) < 4.78 is 60.6. The molecule has 134 valence electrons. The third-order valence-corrected chi connectivity index (χ3v) is 7.47. The Morgan fingerprint density at radius 2 is 1.04 bits per heavy atom. The molecule has 0 aliphatic carbocycles. The molecule has 3 rings (SSSR count). The van der Waals surface area contributed by atoms with Gasteiger partial charge in [0.2, 0.25) is 0 Å². The van der Waals surface area contributed by atoms with Crippen LogP contribution in [0.1, 0.15) is 0 Å². The van der Waals surface area contributed by atoms with Gasteiger partial charge in [-0.3, -0.25) is 0 Å². The van der Waals surface area contributed by atoms with Crippen LogP contribution in [0.4, 0.5) is 0 Å². The molecular weight excluding hydrogens is 364 g/mol. The largest absolute Gasteiger partial charge is 0.348 e. The Balaban J connectivity index is 1.75. The van der Waals surface area contributed by atoms with E-state index < -0.39 is 31.9 Å². The number of rotatable bonds is 6. The highest BCUT2D eigenvalue weighted by molar-refractivity contribution is 7.91. The maximum absolute atomic E-state index is 12.5. The number of sulfone groups is 2. The molecule has 25 heavy (non-hydrogen) atoms. The zero-order chi connectivity index (χ0) is 17.9. The zero-order valence-corrected chi connectivity index (χ0v) is 14.9. The second-order valence-corrected chi connectivity index (χ2v) is 9.79. The van der Waals surface area contributed by atoms with E-state index in [4.69, 9.17) is 9.47 Å². The molecule has 0 saturated carbocycles. The third kappa shape index (κ3) is 4.27. The molecule has 1 heterocycles. The lowest BCUT2D eigenvalue weighted by atomic mass is 10.3. The summed E-state index contributed by atoms with van der Waals surface area (Å²) in [4.78, 5) is 0.352. The Morgan fingerprint density at radius 3 is 1.40 bits per heavy atom. The van der Waals surface area contributed by atoms with Crippen LogP contribution in [0.3, 0.4) is 0 Å². The standard InChI is InChI=1S/C17H18O6S2/c18-24(19,14-7-3-1-4-8-14)11-16-17(23-13-22-16)12-25(20,21)15-9-5-2-6-10-15/h1-10,16-17H,11-13H2. The highest BCUT2D eigenvalue weighted by Gasteiger charge is 2.37. The summed E-state index contributed by atoms with van der Waals surface area (Å²) in [6.45, 7) is -0.121. The van der Waals surface area contributed by atoms with Crippen molar-refractivity contribution in [2.75, 3.05) is 18.3 Å². The summed E-state index contributed by atoms with van der Waals surface area (Å²) in [7, 11) is -7.19. The number of hydrogen-bond donors (Lipinski definition) is 0. The Labute approximate surface area is 147 Å². The quantitative estimate of drug-likeness (QED) is 0.755. The van der Waals surface area contributed by atoms with Crippen LogP contribution in [0.2, 0.25) is 0 Å². The van der Waals surface area contributed by atoms with Gasteiger partial charge in [-0.2, -0.15) is 0 Å². The average molecular weight is 382 g/mol. The van der Waals surface area contributed by atoms with Gasteiger partial charge in [-0.05, 0) is 24.3 Å². The summed E-state index contributed by atoms with van der Waals surface area (Å²) in [5.74, 6) is -0.655. The molecule has 2 aromatic rings. The van der Waals surface area contributed by atoms with Crippen LogP contribution >= 0.6 is 0 Å². The van der Waals surface area contributed by atoms with E-state index in [-0.39, 0.29) is 28.1 Å². The van der Waals surface area contributed by atoms with E-state index in [0.29, 0.717) is 0 Å². The molecule has 6 nitrogen and oxygen atoms in total. The van der Waals surface area contributed by atoms with Crippen molar-refractivity contribution in [3.05, 3.63) is 60.7 Å². The topological polar surface area (TPSA) is 86.7 Å².